The molecule has 0 aliphatic carbocycles. The van der Waals surface area contributed by atoms with Gasteiger partial charge in [0, 0.05) is 42.7 Å². The van der Waals surface area contributed by atoms with E-state index in [4.69, 9.17) is 14.6 Å². The number of ether oxygens (including phenoxy) is 3. The minimum absolute atomic E-state index is 0.0348. The molecule has 0 bridgehead atoms. The van der Waals surface area contributed by atoms with Crippen LogP contribution in [0.4, 0.5) is 19.4 Å². The quantitative estimate of drug-likeness (QED) is 0.309. The zero-order valence-electron chi connectivity index (χ0n) is 20.9. The highest BCUT2D eigenvalue weighted by Crippen LogP contribution is 2.30. The lowest BCUT2D eigenvalue weighted by Crippen LogP contribution is -2.29. The summed E-state index contributed by atoms with van der Waals surface area (Å²) in [5.74, 6) is 0.379. The fourth-order valence-electron chi connectivity index (χ4n) is 3.78. The Kier molecular flexibility index (Phi) is 8.44. The van der Waals surface area contributed by atoms with E-state index in [1.807, 2.05) is 37.3 Å². The van der Waals surface area contributed by atoms with E-state index in [-0.39, 0.29) is 24.9 Å². The molecular weight excluding hydrogens is 498 g/mol. The third-order valence-electron chi connectivity index (χ3n) is 5.53. The number of hydrogen-bond acceptors (Lipinski definition) is 7. The predicted molar refractivity (Wildman–Crippen MR) is 136 cm³/mol. The number of carbonyl (C=O) groups excluding carboxylic acids is 1. The van der Waals surface area contributed by atoms with Gasteiger partial charge >= 0.3 is 18.7 Å². The number of rotatable bonds is 10. The number of urea groups is 1. The first-order valence-corrected chi connectivity index (χ1v) is 11.5. The van der Waals surface area contributed by atoms with Crippen molar-refractivity contribution in [1.29, 1.82) is 0 Å². The van der Waals surface area contributed by atoms with Crippen LogP contribution in [-0.2, 0) is 17.9 Å². The maximum absolute atomic E-state index is 13.0. The highest BCUT2D eigenvalue weighted by Gasteiger charge is 2.20. The number of amides is 2. The summed E-state index contributed by atoms with van der Waals surface area (Å²) in [5.41, 5.74) is 3.69. The molecule has 0 aliphatic heterocycles. The molecule has 38 heavy (non-hydrogen) atoms. The molecule has 2 N–H and O–H groups in total. The minimum atomic E-state index is -3.00. The largest absolute Gasteiger partial charge is 0.467 e. The van der Waals surface area contributed by atoms with Gasteiger partial charge in [0.05, 0.1) is 19.4 Å². The summed E-state index contributed by atoms with van der Waals surface area (Å²) >= 11 is 0. The van der Waals surface area contributed by atoms with Crippen molar-refractivity contribution in [2.24, 2.45) is 0 Å². The number of nitrogens with zero attached hydrogens (tertiary/aromatic N) is 4. The molecule has 2 aromatic heterocycles. The number of alkyl halides is 2. The molecule has 0 saturated carbocycles. The first-order chi connectivity index (χ1) is 18.4. The highest BCUT2D eigenvalue weighted by molar-refractivity contribution is 5.90. The number of hydrogen-bond donors (Lipinski definition) is 2. The van der Waals surface area contributed by atoms with Crippen LogP contribution < -0.4 is 20.1 Å². The molecule has 0 unspecified atom stereocenters. The van der Waals surface area contributed by atoms with Gasteiger partial charge in [0.2, 0.25) is 0 Å². The van der Waals surface area contributed by atoms with Gasteiger partial charge in [0.15, 0.2) is 0 Å². The van der Waals surface area contributed by atoms with E-state index in [1.54, 1.807) is 29.2 Å². The van der Waals surface area contributed by atoms with Crippen molar-refractivity contribution in [3.05, 3.63) is 77.6 Å². The molecule has 0 spiro atoms. The fraction of sp³-hybridized carbons (Fsp3) is 0.231. The first kappa shape index (κ1) is 26.5. The van der Waals surface area contributed by atoms with Crippen LogP contribution >= 0.6 is 0 Å². The number of methoxy groups -OCH3 is 2. The van der Waals surface area contributed by atoms with E-state index in [0.717, 1.165) is 5.56 Å². The number of nitrogens with one attached hydrogen (secondary N) is 2. The Hall–Kier alpha value is -4.58. The van der Waals surface area contributed by atoms with Gasteiger partial charge in [0.1, 0.15) is 17.3 Å². The lowest BCUT2D eigenvalue weighted by molar-refractivity contribution is -0.0504. The van der Waals surface area contributed by atoms with Crippen molar-refractivity contribution in [2.75, 3.05) is 19.5 Å². The van der Waals surface area contributed by atoms with Crippen LogP contribution in [0.25, 0.3) is 16.9 Å². The SMILES string of the molecule is COCc1ccc(OC(F)F)c(CNC(=O)Nc2c(C)c(-c3cnc(OC)nc3)nn2-c2ccccc2)c1. The topological polar surface area (TPSA) is 112 Å². The second kappa shape index (κ2) is 12.1. The van der Waals surface area contributed by atoms with E-state index in [9.17, 15) is 13.6 Å². The smallest absolute Gasteiger partial charge is 0.387 e. The molecule has 10 nitrogen and oxygen atoms in total. The Morgan fingerprint density at radius 1 is 1.08 bits per heavy atom. The van der Waals surface area contributed by atoms with Gasteiger partial charge in [-0.15, -0.1) is 0 Å². The average molecular weight is 525 g/mol. The van der Waals surface area contributed by atoms with Crippen LogP contribution in [0.1, 0.15) is 16.7 Å². The normalized spacial score (nSPS) is 10.9. The van der Waals surface area contributed by atoms with Gasteiger partial charge in [-0.25, -0.2) is 19.4 Å². The van der Waals surface area contributed by atoms with Crippen LogP contribution in [0.2, 0.25) is 0 Å². The van der Waals surface area contributed by atoms with Gasteiger partial charge in [-0.3, -0.25) is 5.32 Å². The van der Waals surface area contributed by atoms with Gasteiger partial charge in [-0.05, 0) is 36.8 Å². The van der Waals surface area contributed by atoms with Gasteiger partial charge in [0.25, 0.3) is 0 Å². The Bertz CT molecular complexity index is 1380. The Morgan fingerprint density at radius 3 is 2.47 bits per heavy atom. The number of halogens is 2. The summed E-state index contributed by atoms with van der Waals surface area (Å²) in [6, 6.07) is 13.6. The molecule has 0 radical (unpaired) electrons. The third kappa shape index (κ3) is 6.21. The molecule has 4 rings (SSSR count). The maximum atomic E-state index is 13.0. The lowest BCUT2D eigenvalue weighted by Gasteiger charge is -2.14. The van der Waals surface area contributed by atoms with Crippen LogP contribution in [0.5, 0.6) is 11.8 Å². The molecular formula is C26H26F2N6O4. The van der Waals surface area contributed by atoms with Crippen LogP contribution in [0.3, 0.4) is 0 Å². The van der Waals surface area contributed by atoms with Crippen LogP contribution in [0, 0.1) is 6.92 Å². The van der Waals surface area contributed by atoms with Crippen molar-refractivity contribution in [2.45, 2.75) is 26.7 Å². The zero-order chi connectivity index (χ0) is 27.1. The molecule has 2 amide bonds. The van der Waals surface area contributed by atoms with Crippen molar-refractivity contribution in [3.63, 3.8) is 0 Å². The monoisotopic (exact) mass is 524 g/mol. The van der Waals surface area contributed by atoms with Crippen molar-refractivity contribution in [1.82, 2.24) is 25.1 Å². The molecule has 4 aromatic rings. The summed E-state index contributed by atoms with van der Waals surface area (Å²) in [4.78, 5) is 21.3. The van der Waals surface area contributed by atoms with E-state index in [0.29, 0.717) is 33.9 Å². The molecule has 2 heterocycles. The molecule has 0 atom stereocenters. The Labute approximate surface area is 217 Å². The molecule has 198 valence electrons. The molecule has 0 fully saturated rings. The number of anilines is 1. The second-order valence-corrected chi connectivity index (χ2v) is 8.09. The molecule has 2 aromatic carbocycles. The van der Waals surface area contributed by atoms with Gasteiger partial charge in [-0.1, -0.05) is 24.3 Å². The fourth-order valence-corrected chi connectivity index (χ4v) is 3.78. The molecule has 0 aliphatic rings. The number of carbonyl (C=O) groups is 1. The summed E-state index contributed by atoms with van der Waals surface area (Å²) in [5, 5.41) is 10.2. The standard InChI is InChI=1S/C26H26F2N6O4/c1-16-22(19-13-30-26(37-3)31-14-19)33-34(20-7-5-4-6-8-20)23(16)32-25(35)29-12-18-11-17(15-36-2)9-10-21(18)38-24(27)28/h4-11,13-14,24H,12,15H2,1-3H3,(H2,29,32,35). The molecule has 0 saturated heterocycles. The van der Waals surface area contributed by atoms with E-state index >= 15 is 0 Å². The van der Waals surface area contributed by atoms with Crippen LogP contribution in [-0.4, -0.2) is 46.6 Å². The minimum Gasteiger partial charge on any atom is -0.467 e. The highest BCUT2D eigenvalue weighted by atomic mass is 19.3. The van der Waals surface area contributed by atoms with E-state index < -0.39 is 12.6 Å². The maximum Gasteiger partial charge on any atom is 0.387 e. The van der Waals surface area contributed by atoms with Gasteiger partial charge in [-0.2, -0.15) is 13.9 Å². The second-order valence-electron chi connectivity index (χ2n) is 8.09. The number of benzene rings is 2. The Morgan fingerprint density at radius 2 is 1.82 bits per heavy atom. The third-order valence-corrected chi connectivity index (χ3v) is 5.53. The molecule has 12 heteroatoms. The lowest BCUT2D eigenvalue weighted by atomic mass is 10.1. The number of aromatic nitrogens is 4. The van der Waals surface area contributed by atoms with Crippen LogP contribution in [0.15, 0.2) is 60.9 Å². The average Bonchev–Trinajstić information content (AvgIpc) is 3.24. The predicted octanol–water partition coefficient (Wildman–Crippen LogP) is 4.72. The first-order valence-electron chi connectivity index (χ1n) is 11.5. The number of para-hydroxylation sites is 1. The summed E-state index contributed by atoms with van der Waals surface area (Å²) in [6.45, 7) is -0.978. The summed E-state index contributed by atoms with van der Waals surface area (Å²) in [7, 11) is 3.00. The summed E-state index contributed by atoms with van der Waals surface area (Å²) in [6.07, 6.45) is 3.16. The summed E-state index contributed by atoms with van der Waals surface area (Å²) < 4.78 is 42.1. The van der Waals surface area contributed by atoms with E-state index in [2.05, 4.69) is 25.3 Å². The zero-order valence-corrected chi connectivity index (χ0v) is 20.9. The van der Waals surface area contributed by atoms with Crippen molar-refractivity contribution >= 4 is 11.8 Å². The van der Waals surface area contributed by atoms with Crippen molar-refractivity contribution in [3.8, 4) is 28.7 Å². The van der Waals surface area contributed by atoms with Crippen molar-refractivity contribution < 1.29 is 27.8 Å². The van der Waals surface area contributed by atoms with Gasteiger partial charge < -0.3 is 19.5 Å². The van der Waals surface area contributed by atoms with E-state index in [1.165, 1.54) is 20.3 Å². The Balaban J connectivity index is 1.60.